The van der Waals surface area contributed by atoms with E-state index < -0.39 is 0 Å². The van der Waals surface area contributed by atoms with Crippen molar-refractivity contribution in [1.29, 1.82) is 0 Å². The van der Waals surface area contributed by atoms with Gasteiger partial charge in [-0.25, -0.2) is 0 Å². The van der Waals surface area contributed by atoms with Crippen LogP contribution in [0, 0.1) is 5.92 Å². The highest BCUT2D eigenvalue weighted by Crippen LogP contribution is 2.20. The van der Waals surface area contributed by atoms with Gasteiger partial charge < -0.3 is 10.8 Å². The van der Waals surface area contributed by atoms with Crippen LogP contribution >= 0.6 is 0 Å². The smallest absolute Gasteiger partial charge is 0.0514 e. The molecule has 1 aliphatic carbocycles. The van der Waals surface area contributed by atoms with E-state index >= 15 is 0 Å². The van der Waals surface area contributed by atoms with E-state index in [0.29, 0.717) is 0 Å². The van der Waals surface area contributed by atoms with E-state index in [4.69, 9.17) is 10.8 Å². The van der Waals surface area contributed by atoms with Crippen molar-refractivity contribution in [1.82, 2.24) is 0 Å². The number of aliphatic hydroxyl groups is 1. The molecule has 0 aromatic carbocycles. The molecule has 0 saturated heterocycles. The molecule has 1 aliphatic rings. The van der Waals surface area contributed by atoms with E-state index in [-0.39, 0.29) is 18.1 Å². The minimum Gasteiger partial charge on any atom is -0.396 e. The van der Waals surface area contributed by atoms with Crippen LogP contribution in [-0.2, 0) is 0 Å². The Hall–Kier alpha value is -0.600. The molecular weight excluding hydrogens is 126 g/mol. The van der Waals surface area contributed by atoms with E-state index in [9.17, 15) is 0 Å². The maximum Gasteiger partial charge on any atom is 0.0514 e. The number of nitrogens with two attached hydrogens (primary N) is 1. The van der Waals surface area contributed by atoms with Gasteiger partial charge in [-0.15, -0.1) is 0 Å². The molecule has 2 heteroatoms. The summed E-state index contributed by atoms with van der Waals surface area (Å²) in [5, 5.41) is 8.86. The van der Waals surface area contributed by atoms with Crippen LogP contribution in [0.5, 0.6) is 0 Å². The predicted molar refractivity (Wildman–Crippen MR) is 41.4 cm³/mol. The number of hydrogen-bond acceptors (Lipinski definition) is 2. The standard InChI is InChI=1S/C8H13NO/c1-8(9)5-3-2-4-7(8)6-10/h2-5,7,10H,6,9H2,1H3/t7-,8-/m1/s1. The summed E-state index contributed by atoms with van der Waals surface area (Å²) in [6, 6.07) is 0. The van der Waals surface area contributed by atoms with Gasteiger partial charge in [0.1, 0.15) is 0 Å². The topological polar surface area (TPSA) is 46.2 Å². The zero-order chi connectivity index (χ0) is 7.61. The molecule has 0 heterocycles. The fourth-order valence-electron chi connectivity index (χ4n) is 1.05. The maximum atomic E-state index is 8.86. The van der Waals surface area contributed by atoms with Gasteiger partial charge in [-0.05, 0) is 6.92 Å². The summed E-state index contributed by atoms with van der Waals surface area (Å²) in [4.78, 5) is 0. The molecule has 0 spiro atoms. The van der Waals surface area contributed by atoms with Crippen molar-refractivity contribution in [3.63, 3.8) is 0 Å². The monoisotopic (exact) mass is 139 g/mol. The van der Waals surface area contributed by atoms with Gasteiger partial charge in [0.05, 0.1) is 6.61 Å². The van der Waals surface area contributed by atoms with Crippen LogP contribution in [0.1, 0.15) is 6.92 Å². The molecule has 0 unspecified atom stereocenters. The van der Waals surface area contributed by atoms with Gasteiger partial charge in [0.25, 0.3) is 0 Å². The van der Waals surface area contributed by atoms with E-state index in [1.807, 2.05) is 31.2 Å². The zero-order valence-electron chi connectivity index (χ0n) is 6.12. The third-order valence-electron chi connectivity index (χ3n) is 1.91. The lowest BCUT2D eigenvalue weighted by Gasteiger charge is -2.29. The first-order valence-electron chi connectivity index (χ1n) is 3.42. The van der Waals surface area contributed by atoms with Crippen molar-refractivity contribution < 1.29 is 5.11 Å². The Morgan fingerprint density at radius 1 is 1.60 bits per heavy atom. The van der Waals surface area contributed by atoms with Gasteiger partial charge in [0.2, 0.25) is 0 Å². The SMILES string of the molecule is C[C@@]1(N)C=CC=C[C@@H]1CO. The summed E-state index contributed by atoms with van der Waals surface area (Å²) >= 11 is 0. The van der Waals surface area contributed by atoms with E-state index in [0.717, 1.165) is 0 Å². The molecule has 0 aromatic rings. The van der Waals surface area contributed by atoms with Crippen molar-refractivity contribution in [3.8, 4) is 0 Å². The molecule has 0 saturated carbocycles. The summed E-state index contributed by atoms with van der Waals surface area (Å²) in [5.74, 6) is 0.0671. The van der Waals surface area contributed by atoms with Crippen LogP contribution < -0.4 is 5.73 Å². The van der Waals surface area contributed by atoms with Crippen molar-refractivity contribution >= 4 is 0 Å². The third-order valence-corrected chi connectivity index (χ3v) is 1.91. The molecule has 10 heavy (non-hydrogen) atoms. The third kappa shape index (κ3) is 1.28. The first-order valence-corrected chi connectivity index (χ1v) is 3.42. The van der Waals surface area contributed by atoms with Crippen LogP contribution in [0.2, 0.25) is 0 Å². The average Bonchev–Trinajstić information content (AvgIpc) is 1.87. The number of hydrogen-bond donors (Lipinski definition) is 2. The molecule has 0 radical (unpaired) electrons. The maximum absolute atomic E-state index is 8.86. The highest BCUT2D eigenvalue weighted by Gasteiger charge is 2.25. The van der Waals surface area contributed by atoms with E-state index in [1.165, 1.54) is 0 Å². The number of aliphatic hydroxyl groups excluding tert-OH is 1. The Morgan fingerprint density at radius 3 is 2.70 bits per heavy atom. The van der Waals surface area contributed by atoms with Crippen molar-refractivity contribution in [2.24, 2.45) is 11.7 Å². The molecule has 0 aromatic heterocycles. The lowest BCUT2D eigenvalue weighted by atomic mass is 9.84. The molecule has 56 valence electrons. The fourth-order valence-corrected chi connectivity index (χ4v) is 1.05. The van der Waals surface area contributed by atoms with Gasteiger partial charge in [0, 0.05) is 11.5 Å². The van der Waals surface area contributed by atoms with Crippen LogP contribution in [0.15, 0.2) is 24.3 Å². The molecule has 0 bridgehead atoms. The average molecular weight is 139 g/mol. The quantitative estimate of drug-likeness (QED) is 0.553. The van der Waals surface area contributed by atoms with Crippen LogP contribution in [0.25, 0.3) is 0 Å². The zero-order valence-corrected chi connectivity index (χ0v) is 6.12. The van der Waals surface area contributed by atoms with E-state index in [1.54, 1.807) is 0 Å². The van der Waals surface area contributed by atoms with Crippen molar-refractivity contribution in [2.75, 3.05) is 6.61 Å². The summed E-state index contributed by atoms with van der Waals surface area (Å²) < 4.78 is 0. The molecule has 2 atom stereocenters. The normalized spacial score (nSPS) is 38.5. The van der Waals surface area contributed by atoms with Crippen LogP contribution in [0.3, 0.4) is 0 Å². The van der Waals surface area contributed by atoms with E-state index in [2.05, 4.69) is 0 Å². The number of allylic oxidation sites excluding steroid dienone is 2. The van der Waals surface area contributed by atoms with Gasteiger partial charge in [-0.1, -0.05) is 24.3 Å². The van der Waals surface area contributed by atoms with Crippen molar-refractivity contribution in [3.05, 3.63) is 24.3 Å². The fraction of sp³-hybridized carbons (Fsp3) is 0.500. The Balaban J connectivity index is 2.74. The van der Waals surface area contributed by atoms with Gasteiger partial charge in [0.15, 0.2) is 0 Å². The highest BCUT2D eigenvalue weighted by atomic mass is 16.3. The molecule has 2 nitrogen and oxygen atoms in total. The second-order valence-electron chi connectivity index (χ2n) is 2.90. The van der Waals surface area contributed by atoms with Gasteiger partial charge in [-0.3, -0.25) is 0 Å². The van der Waals surface area contributed by atoms with Crippen LogP contribution in [0.4, 0.5) is 0 Å². The molecular formula is C8H13NO. The summed E-state index contributed by atoms with van der Waals surface area (Å²) in [6.45, 7) is 2.03. The Labute approximate surface area is 61.0 Å². The Bertz CT molecular complexity index is 170. The van der Waals surface area contributed by atoms with Crippen LogP contribution in [-0.4, -0.2) is 17.3 Å². The largest absolute Gasteiger partial charge is 0.396 e. The molecule has 1 rings (SSSR count). The molecule has 0 aliphatic heterocycles. The predicted octanol–water partition coefficient (Wildman–Crippen LogP) is 0.438. The first kappa shape index (κ1) is 7.51. The lowest BCUT2D eigenvalue weighted by molar-refractivity contribution is 0.214. The summed E-state index contributed by atoms with van der Waals surface area (Å²) in [6.07, 6.45) is 7.66. The summed E-state index contributed by atoms with van der Waals surface area (Å²) in [5.41, 5.74) is 5.46. The Kier molecular flexibility index (Phi) is 1.92. The molecule has 0 amide bonds. The number of rotatable bonds is 1. The van der Waals surface area contributed by atoms with Gasteiger partial charge >= 0.3 is 0 Å². The molecule has 3 N–H and O–H groups in total. The molecule has 0 fully saturated rings. The first-order chi connectivity index (χ1) is 4.67. The second kappa shape index (κ2) is 2.56. The minimum absolute atomic E-state index is 0.0671. The Morgan fingerprint density at radius 2 is 2.30 bits per heavy atom. The minimum atomic E-state index is -0.372. The summed E-state index contributed by atoms with van der Waals surface area (Å²) in [7, 11) is 0. The van der Waals surface area contributed by atoms with Crippen molar-refractivity contribution in [2.45, 2.75) is 12.5 Å². The second-order valence-corrected chi connectivity index (χ2v) is 2.90. The van der Waals surface area contributed by atoms with Gasteiger partial charge in [-0.2, -0.15) is 0 Å². The lowest BCUT2D eigenvalue weighted by Crippen LogP contribution is -2.43. The highest BCUT2D eigenvalue weighted by molar-refractivity contribution is 5.22.